The van der Waals surface area contributed by atoms with Crippen LogP contribution in [0.4, 0.5) is 26.3 Å². The summed E-state index contributed by atoms with van der Waals surface area (Å²) >= 11 is 0. The van der Waals surface area contributed by atoms with Crippen LogP contribution >= 0.6 is 0 Å². The van der Waals surface area contributed by atoms with Gasteiger partial charge in [0.1, 0.15) is 6.10 Å². The maximum atomic E-state index is 12.7. The van der Waals surface area contributed by atoms with E-state index in [-0.39, 0.29) is 36.9 Å². The van der Waals surface area contributed by atoms with E-state index < -0.39 is 41.4 Å². The van der Waals surface area contributed by atoms with Gasteiger partial charge in [0.25, 0.3) is 0 Å². The summed E-state index contributed by atoms with van der Waals surface area (Å²) < 4.78 is 84.7. The Balaban J connectivity index is 0.000000338. The summed E-state index contributed by atoms with van der Waals surface area (Å²) in [6, 6.07) is 0. The van der Waals surface area contributed by atoms with Gasteiger partial charge in [0.15, 0.2) is 11.2 Å². The van der Waals surface area contributed by atoms with Crippen molar-refractivity contribution in [3.8, 4) is 0 Å². The Bertz CT molecular complexity index is 871. The van der Waals surface area contributed by atoms with Gasteiger partial charge >= 0.3 is 24.3 Å². The van der Waals surface area contributed by atoms with E-state index in [1.165, 1.54) is 20.5 Å². The predicted molar refractivity (Wildman–Crippen MR) is 136 cm³/mol. The van der Waals surface area contributed by atoms with Crippen molar-refractivity contribution in [2.24, 2.45) is 23.7 Å². The number of carbonyl (C=O) groups is 2. The van der Waals surface area contributed by atoms with Gasteiger partial charge in [0.2, 0.25) is 0 Å². The Hall–Kier alpha value is -2.08. The van der Waals surface area contributed by atoms with Gasteiger partial charge in [-0.05, 0) is 95.8 Å². The van der Waals surface area contributed by atoms with Crippen molar-refractivity contribution in [1.82, 2.24) is 0 Å². The van der Waals surface area contributed by atoms with Crippen molar-refractivity contribution >= 4 is 11.9 Å². The smallest absolute Gasteiger partial charge is 0.417 e. The number of alkyl halides is 6. The fourth-order valence-corrected chi connectivity index (χ4v) is 5.56. The molecular weight excluding hydrogens is 546 g/mol. The molecule has 3 aliphatic carbocycles. The second kappa shape index (κ2) is 14.2. The number of halogens is 6. The van der Waals surface area contributed by atoms with Crippen LogP contribution in [0.2, 0.25) is 0 Å². The molecule has 40 heavy (non-hydrogen) atoms. The molecule has 0 aromatic carbocycles. The minimum Gasteiger partial charge on any atom is -0.466 e. The van der Waals surface area contributed by atoms with Gasteiger partial charge in [0, 0.05) is 11.6 Å². The van der Waals surface area contributed by atoms with Crippen LogP contribution in [0.1, 0.15) is 78.6 Å². The van der Waals surface area contributed by atoms with Crippen molar-refractivity contribution < 1.29 is 55.6 Å². The van der Waals surface area contributed by atoms with E-state index in [0.717, 1.165) is 39.2 Å². The van der Waals surface area contributed by atoms with Crippen molar-refractivity contribution in [2.45, 2.75) is 108 Å². The third-order valence-corrected chi connectivity index (χ3v) is 8.19. The van der Waals surface area contributed by atoms with Gasteiger partial charge in [-0.25, -0.2) is 9.59 Å². The lowest BCUT2D eigenvalue weighted by molar-refractivity contribution is -0.276. The molecule has 5 unspecified atom stereocenters. The minimum atomic E-state index is -4.64. The fraction of sp³-hybridized carbons (Fsp3) is 0.786. The summed E-state index contributed by atoms with van der Waals surface area (Å²) in [6.45, 7) is 9.82. The topological polar surface area (TPSA) is 93.1 Å². The maximum Gasteiger partial charge on any atom is 0.417 e. The van der Waals surface area contributed by atoms with Gasteiger partial charge in [-0.3, -0.25) is 0 Å². The predicted octanol–water partition coefficient (Wildman–Crippen LogP) is 6.45. The number of carbonyl (C=O) groups excluding carboxylic acids is 2. The van der Waals surface area contributed by atoms with Crippen LogP contribution in [0.15, 0.2) is 24.8 Å². The fourth-order valence-electron chi connectivity index (χ4n) is 5.56. The van der Waals surface area contributed by atoms with Crippen molar-refractivity contribution in [1.29, 1.82) is 0 Å². The summed E-state index contributed by atoms with van der Waals surface area (Å²) in [5.74, 6) is -0.624. The standard InChI is InChI=1S/C13H19F3O3.C11H17F3O.C4H6O2/c1-8(2)11(17)19-10-6-4-9(5-7-10)12(3,18)13(14,15)16;1-10(15,11(12,13)14)6-9-5-7-2-3-8(9)4-7;1-3-4(5)6-2/h9-10,18H,1,4-7H2,2-3H3;7-9,15H,2-6H2,1H3;3H,1H2,2H3. The molecule has 0 aliphatic heterocycles. The summed E-state index contributed by atoms with van der Waals surface area (Å²) in [6.07, 6.45) is -3.29. The molecule has 2 bridgehead atoms. The van der Waals surface area contributed by atoms with E-state index in [1.54, 1.807) is 0 Å². The first kappa shape index (κ1) is 35.9. The monoisotopic (exact) mass is 588 g/mol. The van der Waals surface area contributed by atoms with E-state index in [2.05, 4.69) is 17.9 Å². The Kier molecular flexibility index (Phi) is 12.8. The average Bonchev–Trinajstić information content (AvgIpc) is 3.46. The highest BCUT2D eigenvalue weighted by Gasteiger charge is 2.55. The zero-order valence-electron chi connectivity index (χ0n) is 23.5. The molecule has 0 aromatic rings. The molecule has 0 aromatic heterocycles. The number of hydrogen-bond acceptors (Lipinski definition) is 6. The van der Waals surface area contributed by atoms with Gasteiger partial charge in [-0.15, -0.1) is 0 Å². The average molecular weight is 589 g/mol. The van der Waals surface area contributed by atoms with Crippen molar-refractivity contribution in [3.05, 3.63) is 24.8 Å². The highest BCUT2D eigenvalue weighted by Crippen LogP contribution is 2.52. The molecule has 0 spiro atoms. The number of methoxy groups -OCH3 is 1. The molecule has 0 saturated heterocycles. The van der Waals surface area contributed by atoms with Crippen molar-refractivity contribution in [3.63, 3.8) is 0 Å². The van der Waals surface area contributed by atoms with Gasteiger partial charge < -0.3 is 19.7 Å². The Morgan fingerprint density at radius 1 is 0.925 bits per heavy atom. The van der Waals surface area contributed by atoms with Crippen molar-refractivity contribution in [2.75, 3.05) is 7.11 Å². The third-order valence-electron chi connectivity index (χ3n) is 8.19. The lowest BCUT2D eigenvalue weighted by Gasteiger charge is -2.38. The van der Waals surface area contributed by atoms with Crippen LogP contribution in [0.5, 0.6) is 0 Å². The molecule has 3 fully saturated rings. The van der Waals surface area contributed by atoms with Crippen LogP contribution in [0.25, 0.3) is 0 Å². The molecule has 0 radical (unpaired) electrons. The van der Waals surface area contributed by atoms with Crippen LogP contribution in [0.3, 0.4) is 0 Å². The maximum absolute atomic E-state index is 12.7. The molecule has 2 N–H and O–H groups in total. The second-order valence-corrected chi connectivity index (χ2v) is 11.4. The summed E-state index contributed by atoms with van der Waals surface area (Å²) in [5.41, 5.74) is -4.91. The quantitative estimate of drug-likeness (QED) is 0.211. The highest BCUT2D eigenvalue weighted by atomic mass is 19.4. The van der Waals surface area contributed by atoms with Gasteiger partial charge in [-0.2, -0.15) is 26.3 Å². The SMILES string of the molecule is C=C(C)C(=O)OC1CCC(C(C)(O)C(F)(F)F)CC1.C=CC(=O)OC.CC(O)(CC1CC2CCC1C2)C(F)(F)F. The third kappa shape index (κ3) is 10.1. The van der Waals surface area contributed by atoms with E-state index in [1.807, 2.05) is 0 Å². The second-order valence-electron chi connectivity index (χ2n) is 11.4. The van der Waals surface area contributed by atoms with Gasteiger partial charge in [-0.1, -0.05) is 19.6 Å². The number of hydrogen-bond donors (Lipinski definition) is 2. The van der Waals surface area contributed by atoms with E-state index in [0.29, 0.717) is 24.7 Å². The molecule has 3 rings (SSSR count). The van der Waals surface area contributed by atoms with Crippen LogP contribution < -0.4 is 0 Å². The summed E-state index contributed by atoms with van der Waals surface area (Å²) in [5, 5.41) is 19.0. The molecule has 6 nitrogen and oxygen atoms in total. The molecule has 3 aliphatic rings. The number of fused-ring (bicyclic) bond motifs is 2. The zero-order chi connectivity index (χ0) is 31.1. The number of esters is 2. The highest BCUT2D eigenvalue weighted by molar-refractivity contribution is 5.87. The summed E-state index contributed by atoms with van der Waals surface area (Å²) in [4.78, 5) is 21.1. The molecule has 232 valence electrons. The largest absolute Gasteiger partial charge is 0.466 e. The van der Waals surface area contributed by atoms with Crippen LogP contribution in [-0.4, -0.2) is 58.9 Å². The lowest BCUT2D eigenvalue weighted by atomic mass is 9.76. The normalized spacial score (nSPS) is 28.9. The van der Waals surface area contributed by atoms with Crippen LogP contribution in [0, 0.1) is 23.7 Å². The Labute approximate surface area is 231 Å². The number of rotatable bonds is 6. The van der Waals surface area contributed by atoms with Crippen LogP contribution in [-0.2, 0) is 19.1 Å². The number of ether oxygens (including phenoxy) is 2. The Morgan fingerprint density at radius 3 is 1.80 bits per heavy atom. The van der Waals surface area contributed by atoms with E-state index >= 15 is 0 Å². The van der Waals surface area contributed by atoms with Gasteiger partial charge in [0.05, 0.1) is 7.11 Å². The first-order valence-corrected chi connectivity index (χ1v) is 13.3. The number of aliphatic hydroxyl groups is 2. The Morgan fingerprint density at radius 2 is 1.48 bits per heavy atom. The molecule has 5 atom stereocenters. The molecular formula is C28H42F6O6. The molecule has 0 amide bonds. The minimum absolute atomic E-state index is 0.0837. The molecule has 12 heteroatoms. The first-order valence-electron chi connectivity index (χ1n) is 13.3. The first-order chi connectivity index (χ1) is 18.2. The lowest BCUT2D eigenvalue weighted by Crippen LogP contribution is -2.50. The van der Waals surface area contributed by atoms with E-state index in [9.17, 15) is 46.1 Å². The molecule has 0 heterocycles. The van der Waals surface area contributed by atoms with E-state index in [4.69, 9.17) is 4.74 Å². The summed E-state index contributed by atoms with van der Waals surface area (Å²) in [7, 11) is 1.31. The zero-order valence-corrected chi connectivity index (χ0v) is 23.5. The molecule has 3 saturated carbocycles.